The molecule has 1 aliphatic heterocycles. The number of likely N-dealkylation sites (N-methyl/N-ethyl adjacent to an activating group) is 1. The van der Waals surface area contributed by atoms with Gasteiger partial charge in [-0.3, -0.25) is 0 Å². The molecule has 0 aliphatic carbocycles. The molecule has 2 rings (SSSR count). The fraction of sp³-hybridized carbons (Fsp3) is 0.625. The summed E-state index contributed by atoms with van der Waals surface area (Å²) in [6.45, 7) is 5.52. The van der Waals surface area contributed by atoms with Gasteiger partial charge >= 0.3 is 0 Å². The van der Waals surface area contributed by atoms with Crippen molar-refractivity contribution >= 4 is 0 Å². The van der Waals surface area contributed by atoms with Crippen LogP contribution in [0, 0.1) is 11.7 Å². The smallest absolute Gasteiger partial charge is 0.123 e. The molecule has 1 saturated heterocycles. The minimum absolute atomic E-state index is 0.123. The molecule has 3 heteroatoms. The fourth-order valence-corrected chi connectivity index (χ4v) is 3.08. The van der Waals surface area contributed by atoms with E-state index in [1.165, 1.54) is 18.9 Å². The number of rotatable bonds is 5. The van der Waals surface area contributed by atoms with Crippen molar-refractivity contribution in [3.63, 3.8) is 0 Å². The van der Waals surface area contributed by atoms with Gasteiger partial charge in [-0.05, 0) is 56.5 Å². The highest BCUT2D eigenvalue weighted by atomic mass is 19.1. The predicted octanol–water partition coefficient (Wildman–Crippen LogP) is 2.69. The average molecular weight is 264 g/mol. The normalized spacial score (nSPS) is 24.6. The Labute approximate surface area is 116 Å². The number of nitrogens with one attached hydrogen (secondary N) is 1. The molecule has 2 unspecified atom stereocenters. The standard InChI is InChI=1S/C16H25FN2/c1-3-7-18-16-10-14(11-19(2)12-16)8-13-5-4-6-15(17)9-13/h4-6,9,14,16,18H,3,7-8,10-12H2,1-2H3. The monoisotopic (exact) mass is 264 g/mol. The summed E-state index contributed by atoms with van der Waals surface area (Å²) in [5.74, 6) is 0.497. The Morgan fingerprint density at radius 2 is 2.21 bits per heavy atom. The van der Waals surface area contributed by atoms with E-state index in [-0.39, 0.29) is 5.82 Å². The SMILES string of the molecule is CCCNC1CC(Cc2cccc(F)c2)CN(C)C1. The molecule has 2 nitrogen and oxygen atoms in total. The zero-order valence-corrected chi connectivity index (χ0v) is 12.0. The van der Waals surface area contributed by atoms with Gasteiger partial charge in [-0.25, -0.2) is 4.39 Å². The van der Waals surface area contributed by atoms with Crippen molar-refractivity contribution < 1.29 is 4.39 Å². The predicted molar refractivity (Wildman–Crippen MR) is 77.8 cm³/mol. The number of piperidine rings is 1. The van der Waals surface area contributed by atoms with Crippen molar-refractivity contribution in [2.24, 2.45) is 5.92 Å². The number of benzene rings is 1. The lowest BCUT2D eigenvalue weighted by molar-refractivity contribution is 0.169. The van der Waals surface area contributed by atoms with Gasteiger partial charge in [0.15, 0.2) is 0 Å². The van der Waals surface area contributed by atoms with E-state index >= 15 is 0 Å². The molecular weight excluding hydrogens is 239 g/mol. The topological polar surface area (TPSA) is 15.3 Å². The molecule has 0 radical (unpaired) electrons. The van der Waals surface area contributed by atoms with E-state index in [1.807, 2.05) is 12.1 Å². The molecular formula is C16H25FN2. The molecule has 0 aromatic heterocycles. The Kier molecular flexibility index (Phi) is 5.34. The van der Waals surface area contributed by atoms with Gasteiger partial charge in [0.25, 0.3) is 0 Å². The first kappa shape index (κ1) is 14.5. The van der Waals surface area contributed by atoms with E-state index in [9.17, 15) is 4.39 Å². The van der Waals surface area contributed by atoms with Crippen LogP contribution in [0.4, 0.5) is 4.39 Å². The van der Waals surface area contributed by atoms with E-state index in [0.29, 0.717) is 12.0 Å². The maximum Gasteiger partial charge on any atom is 0.123 e. The van der Waals surface area contributed by atoms with Crippen LogP contribution in [-0.4, -0.2) is 37.6 Å². The van der Waals surface area contributed by atoms with Gasteiger partial charge < -0.3 is 10.2 Å². The average Bonchev–Trinajstić information content (AvgIpc) is 2.35. The number of likely N-dealkylation sites (tertiary alicyclic amines) is 1. The van der Waals surface area contributed by atoms with Crippen molar-refractivity contribution in [1.82, 2.24) is 10.2 Å². The summed E-state index contributed by atoms with van der Waals surface area (Å²) in [6.07, 6.45) is 3.35. The highest BCUT2D eigenvalue weighted by molar-refractivity contribution is 5.17. The molecule has 106 valence electrons. The number of hydrogen-bond acceptors (Lipinski definition) is 2. The third kappa shape index (κ3) is 4.59. The second-order valence-electron chi connectivity index (χ2n) is 5.81. The van der Waals surface area contributed by atoms with E-state index in [0.717, 1.165) is 31.6 Å². The van der Waals surface area contributed by atoms with Gasteiger partial charge in [0, 0.05) is 19.1 Å². The van der Waals surface area contributed by atoms with Crippen LogP contribution >= 0.6 is 0 Å². The molecule has 2 atom stereocenters. The third-order valence-corrected chi connectivity index (χ3v) is 3.82. The maximum absolute atomic E-state index is 13.2. The van der Waals surface area contributed by atoms with Gasteiger partial charge in [0.1, 0.15) is 5.82 Å². The minimum atomic E-state index is -0.123. The Bertz CT molecular complexity index is 394. The summed E-state index contributed by atoms with van der Waals surface area (Å²) >= 11 is 0. The number of nitrogens with zero attached hydrogens (tertiary/aromatic N) is 1. The Balaban J connectivity index is 1.92. The highest BCUT2D eigenvalue weighted by Crippen LogP contribution is 2.20. The lowest BCUT2D eigenvalue weighted by Gasteiger charge is -2.36. The van der Waals surface area contributed by atoms with Gasteiger partial charge in [-0.15, -0.1) is 0 Å². The molecule has 0 saturated carbocycles. The van der Waals surface area contributed by atoms with Crippen LogP contribution in [0.15, 0.2) is 24.3 Å². The van der Waals surface area contributed by atoms with Crippen LogP contribution in [0.3, 0.4) is 0 Å². The third-order valence-electron chi connectivity index (χ3n) is 3.82. The Morgan fingerprint density at radius 1 is 1.37 bits per heavy atom. The molecule has 1 N–H and O–H groups in total. The van der Waals surface area contributed by atoms with E-state index in [1.54, 1.807) is 6.07 Å². The Hall–Kier alpha value is -0.930. The second kappa shape index (κ2) is 7.01. The van der Waals surface area contributed by atoms with Crippen LogP contribution in [0.5, 0.6) is 0 Å². The Morgan fingerprint density at radius 3 is 2.95 bits per heavy atom. The zero-order valence-electron chi connectivity index (χ0n) is 12.0. The zero-order chi connectivity index (χ0) is 13.7. The second-order valence-corrected chi connectivity index (χ2v) is 5.81. The maximum atomic E-state index is 13.2. The van der Waals surface area contributed by atoms with Crippen LogP contribution in [-0.2, 0) is 6.42 Å². The summed E-state index contributed by atoms with van der Waals surface area (Å²) in [7, 11) is 2.18. The lowest BCUT2D eigenvalue weighted by atomic mass is 9.89. The molecule has 0 bridgehead atoms. The van der Waals surface area contributed by atoms with Crippen LogP contribution < -0.4 is 5.32 Å². The summed E-state index contributed by atoms with van der Waals surface area (Å²) in [4.78, 5) is 2.39. The highest BCUT2D eigenvalue weighted by Gasteiger charge is 2.24. The van der Waals surface area contributed by atoms with E-state index < -0.39 is 0 Å². The first-order valence-electron chi connectivity index (χ1n) is 7.33. The van der Waals surface area contributed by atoms with Crippen molar-refractivity contribution in [2.75, 3.05) is 26.7 Å². The van der Waals surface area contributed by atoms with E-state index in [4.69, 9.17) is 0 Å². The summed E-state index contributed by atoms with van der Waals surface area (Å²) < 4.78 is 13.2. The van der Waals surface area contributed by atoms with Crippen molar-refractivity contribution in [3.8, 4) is 0 Å². The first-order chi connectivity index (χ1) is 9.17. The van der Waals surface area contributed by atoms with Gasteiger partial charge in [0.2, 0.25) is 0 Å². The van der Waals surface area contributed by atoms with Crippen LogP contribution in [0.25, 0.3) is 0 Å². The minimum Gasteiger partial charge on any atom is -0.313 e. The first-order valence-corrected chi connectivity index (χ1v) is 7.33. The van der Waals surface area contributed by atoms with Crippen molar-refractivity contribution in [2.45, 2.75) is 32.2 Å². The van der Waals surface area contributed by atoms with E-state index in [2.05, 4.69) is 24.2 Å². The van der Waals surface area contributed by atoms with Gasteiger partial charge in [-0.2, -0.15) is 0 Å². The van der Waals surface area contributed by atoms with Gasteiger partial charge in [0.05, 0.1) is 0 Å². The molecule has 1 heterocycles. The summed E-state index contributed by atoms with van der Waals surface area (Å²) in [5, 5.41) is 3.61. The molecule has 1 aromatic carbocycles. The van der Waals surface area contributed by atoms with Crippen LogP contribution in [0.1, 0.15) is 25.3 Å². The number of halogens is 1. The quantitative estimate of drug-likeness (QED) is 0.879. The van der Waals surface area contributed by atoms with Gasteiger partial charge in [-0.1, -0.05) is 19.1 Å². The van der Waals surface area contributed by atoms with Crippen LogP contribution in [0.2, 0.25) is 0 Å². The fourth-order valence-electron chi connectivity index (χ4n) is 3.08. The molecule has 1 aromatic rings. The number of hydrogen-bond donors (Lipinski definition) is 1. The summed E-state index contributed by atoms with van der Waals surface area (Å²) in [5.41, 5.74) is 1.12. The van der Waals surface area contributed by atoms with Crippen molar-refractivity contribution in [1.29, 1.82) is 0 Å². The molecule has 19 heavy (non-hydrogen) atoms. The molecule has 0 spiro atoms. The summed E-state index contributed by atoms with van der Waals surface area (Å²) in [6, 6.07) is 7.61. The molecule has 0 amide bonds. The molecule has 1 aliphatic rings. The molecule has 1 fully saturated rings. The largest absolute Gasteiger partial charge is 0.313 e. The van der Waals surface area contributed by atoms with Crippen molar-refractivity contribution in [3.05, 3.63) is 35.6 Å². The lowest BCUT2D eigenvalue weighted by Crippen LogP contribution is -2.48.